The highest BCUT2D eigenvalue weighted by atomic mass is 19.1. The summed E-state index contributed by atoms with van der Waals surface area (Å²) in [5.41, 5.74) is 1.67. The van der Waals surface area contributed by atoms with Gasteiger partial charge in [0.05, 0.1) is 0 Å². The normalized spacial score (nSPS) is 19.3. The van der Waals surface area contributed by atoms with E-state index in [1.807, 2.05) is 0 Å². The lowest BCUT2D eigenvalue weighted by atomic mass is 10.0. The first-order valence-electron chi connectivity index (χ1n) is 9.69. The highest BCUT2D eigenvalue weighted by molar-refractivity contribution is 6.05. The molecule has 1 saturated heterocycles. The smallest absolute Gasteiger partial charge is 0.247 e. The van der Waals surface area contributed by atoms with E-state index < -0.39 is 0 Å². The molecule has 1 aromatic heterocycles. The quantitative estimate of drug-likeness (QED) is 0.845. The SMILES string of the molecule is CC(C)CC1Nc2ncnc(N3CCN(c4ccc(F)cc4)CC3)c2NC1=O. The Morgan fingerprint density at radius 1 is 1.11 bits per heavy atom. The van der Waals surface area contributed by atoms with E-state index in [-0.39, 0.29) is 17.8 Å². The van der Waals surface area contributed by atoms with E-state index >= 15 is 0 Å². The topological polar surface area (TPSA) is 73.4 Å². The van der Waals surface area contributed by atoms with Gasteiger partial charge < -0.3 is 20.4 Å². The summed E-state index contributed by atoms with van der Waals surface area (Å²) in [7, 11) is 0. The Morgan fingerprint density at radius 3 is 2.46 bits per heavy atom. The van der Waals surface area contributed by atoms with Gasteiger partial charge in [0.2, 0.25) is 5.91 Å². The van der Waals surface area contributed by atoms with E-state index in [9.17, 15) is 9.18 Å². The van der Waals surface area contributed by atoms with Crippen LogP contribution in [0.5, 0.6) is 0 Å². The van der Waals surface area contributed by atoms with Gasteiger partial charge in [-0.1, -0.05) is 13.8 Å². The van der Waals surface area contributed by atoms with E-state index in [4.69, 9.17) is 0 Å². The molecule has 7 nitrogen and oxygen atoms in total. The Balaban J connectivity index is 1.48. The molecule has 2 aromatic rings. The van der Waals surface area contributed by atoms with Crippen LogP contribution in [0.2, 0.25) is 0 Å². The Hall–Kier alpha value is -2.90. The van der Waals surface area contributed by atoms with E-state index in [0.717, 1.165) is 44.1 Å². The van der Waals surface area contributed by atoms with Crippen molar-refractivity contribution in [2.45, 2.75) is 26.3 Å². The van der Waals surface area contributed by atoms with Crippen molar-refractivity contribution in [3.05, 3.63) is 36.4 Å². The molecule has 0 spiro atoms. The summed E-state index contributed by atoms with van der Waals surface area (Å²) in [6.07, 6.45) is 2.29. The first kappa shape index (κ1) is 18.5. The van der Waals surface area contributed by atoms with Crippen molar-refractivity contribution < 1.29 is 9.18 Å². The Bertz CT molecular complexity index is 848. The lowest BCUT2D eigenvalue weighted by Gasteiger charge is -2.38. The molecule has 0 aliphatic carbocycles. The van der Waals surface area contributed by atoms with E-state index in [1.165, 1.54) is 18.5 Å². The third-order valence-electron chi connectivity index (χ3n) is 5.18. The maximum atomic E-state index is 13.1. The van der Waals surface area contributed by atoms with Gasteiger partial charge in [-0.15, -0.1) is 0 Å². The van der Waals surface area contributed by atoms with E-state index in [0.29, 0.717) is 17.4 Å². The van der Waals surface area contributed by atoms with Crippen molar-refractivity contribution in [1.29, 1.82) is 0 Å². The van der Waals surface area contributed by atoms with Crippen LogP contribution in [0.1, 0.15) is 20.3 Å². The van der Waals surface area contributed by atoms with Crippen molar-refractivity contribution in [2.24, 2.45) is 5.92 Å². The molecule has 0 radical (unpaired) electrons. The van der Waals surface area contributed by atoms with Crippen LogP contribution in [0.4, 0.5) is 27.4 Å². The molecule has 2 N–H and O–H groups in total. The van der Waals surface area contributed by atoms with E-state index in [1.54, 1.807) is 12.1 Å². The van der Waals surface area contributed by atoms with Crippen molar-refractivity contribution >= 4 is 28.9 Å². The first-order chi connectivity index (χ1) is 13.5. The molecule has 8 heteroatoms. The number of carbonyl (C=O) groups is 1. The minimum atomic E-state index is -0.273. The Morgan fingerprint density at radius 2 is 1.79 bits per heavy atom. The molecule has 4 rings (SSSR count). The van der Waals surface area contributed by atoms with Crippen LogP contribution in [-0.2, 0) is 4.79 Å². The molecule has 1 unspecified atom stereocenters. The predicted octanol–water partition coefficient (Wildman–Crippen LogP) is 2.72. The number of amides is 1. The van der Waals surface area contributed by atoms with Crippen LogP contribution in [0.3, 0.4) is 0 Å². The van der Waals surface area contributed by atoms with Gasteiger partial charge in [-0.2, -0.15) is 0 Å². The zero-order chi connectivity index (χ0) is 19.7. The summed E-state index contributed by atoms with van der Waals surface area (Å²) in [5.74, 6) is 1.56. The van der Waals surface area contributed by atoms with Gasteiger partial charge >= 0.3 is 0 Å². The van der Waals surface area contributed by atoms with E-state index in [2.05, 4.69) is 44.2 Å². The number of anilines is 4. The third-order valence-corrected chi connectivity index (χ3v) is 5.18. The van der Waals surface area contributed by atoms with Gasteiger partial charge in [-0.05, 0) is 36.6 Å². The second-order valence-electron chi connectivity index (χ2n) is 7.69. The summed E-state index contributed by atoms with van der Waals surface area (Å²) >= 11 is 0. The number of hydrogen-bond acceptors (Lipinski definition) is 6. The van der Waals surface area contributed by atoms with Gasteiger partial charge in [0.15, 0.2) is 11.6 Å². The van der Waals surface area contributed by atoms with Crippen LogP contribution in [0.25, 0.3) is 0 Å². The number of carbonyl (C=O) groups excluding carboxylic acids is 1. The maximum Gasteiger partial charge on any atom is 0.247 e. The molecule has 0 bridgehead atoms. The fraction of sp³-hybridized carbons (Fsp3) is 0.450. The molecule has 1 aromatic carbocycles. The molecule has 28 heavy (non-hydrogen) atoms. The van der Waals surface area contributed by atoms with Gasteiger partial charge in [0.1, 0.15) is 23.9 Å². The second-order valence-corrected chi connectivity index (χ2v) is 7.69. The molecule has 1 fully saturated rings. The van der Waals surface area contributed by atoms with Gasteiger partial charge in [0, 0.05) is 31.9 Å². The predicted molar refractivity (Wildman–Crippen MR) is 108 cm³/mol. The van der Waals surface area contributed by atoms with Gasteiger partial charge in [0.25, 0.3) is 0 Å². The molecular weight excluding hydrogens is 359 g/mol. The molecule has 3 heterocycles. The number of aromatic nitrogens is 2. The van der Waals surface area contributed by atoms with Crippen LogP contribution < -0.4 is 20.4 Å². The fourth-order valence-corrected chi connectivity index (χ4v) is 3.75. The number of fused-ring (bicyclic) bond motifs is 1. The van der Waals surface area contributed by atoms with Crippen LogP contribution >= 0.6 is 0 Å². The second kappa shape index (κ2) is 7.61. The standard InChI is InChI=1S/C20H25FN6O/c1-13(2)11-16-20(28)25-17-18(24-16)22-12-23-19(17)27-9-7-26(8-10-27)15-5-3-14(21)4-6-15/h3-6,12-13,16H,7-11H2,1-2H3,(H,25,28)(H,22,23,24). The number of nitrogens with one attached hydrogen (secondary N) is 2. The minimum Gasteiger partial charge on any atom is -0.368 e. The molecule has 1 atom stereocenters. The van der Waals surface area contributed by atoms with Gasteiger partial charge in [-0.25, -0.2) is 14.4 Å². The number of hydrogen-bond donors (Lipinski definition) is 2. The molecule has 2 aliphatic rings. The number of halogens is 1. The summed E-state index contributed by atoms with van der Waals surface area (Å²) < 4.78 is 13.1. The number of rotatable bonds is 4. The summed E-state index contributed by atoms with van der Waals surface area (Å²) in [6.45, 7) is 7.29. The molecular formula is C20H25FN6O. The van der Waals surface area contributed by atoms with Crippen molar-refractivity contribution in [3.63, 3.8) is 0 Å². The summed E-state index contributed by atoms with van der Waals surface area (Å²) in [6, 6.07) is 6.30. The zero-order valence-electron chi connectivity index (χ0n) is 16.2. The minimum absolute atomic E-state index is 0.0396. The van der Waals surface area contributed by atoms with Crippen molar-refractivity contribution in [1.82, 2.24) is 9.97 Å². The zero-order valence-corrected chi connectivity index (χ0v) is 16.2. The summed E-state index contributed by atoms with van der Waals surface area (Å²) in [5, 5.41) is 6.27. The molecule has 0 saturated carbocycles. The van der Waals surface area contributed by atoms with Crippen LogP contribution in [-0.4, -0.2) is 48.1 Å². The first-order valence-corrected chi connectivity index (χ1v) is 9.69. The number of piperazine rings is 1. The average molecular weight is 384 g/mol. The highest BCUT2D eigenvalue weighted by Crippen LogP contribution is 2.34. The maximum absolute atomic E-state index is 13.1. The summed E-state index contributed by atoms with van der Waals surface area (Å²) in [4.78, 5) is 25.7. The third kappa shape index (κ3) is 3.72. The lowest BCUT2D eigenvalue weighted by Crippen LogP contribution is -2.48. The van der Waals surface area contributed by atoms with Crippen LogP contribution in [0.15, 0.2) is 30.6 Å². The Labute approximate surface area is 164 Å². The largest absolute Gasteiger partial charge is 0.368 e. The van der Waals surface area contributed by atoms with Crippen LogP contribution in [0, 0.1) is 11.7 Å². The number of benzene rings is 1. The number of nitrogens with zero attached hydrogens (tertiary/aromatic N) is 4. The van der Waals surface area contributed by atoms with Crippen molar-refractivity contribution in [2.75, 3.05) is 46.6 Å². The lowest BCUT2D eigenvalue weighted by molar-refractivity contribution is -0.117. The monoisotopic (exact) mass is 384 g/mol. The molecule has 1 amide bonds. The van der Waals surface area contributed by atoms with Crippen molar-refractivity contribution in [3.8, 4) is 0 Å². The van der Waals surface area contributed by atoms with Gasteiger partial charge in [-0.3, -0.25) is 4.79 Å². The fourth-order valence-electron chi connectivity index (χ4n) is 3.75. The molecule has 2 aliphatic heterocycles. The Kier molecular flexibility index (Phi) is 5.02. The highest BCUT2D eigenvalue weighted by Gasteiger charge is 2.31. The molecule has 148 valence electrons. The average Bonchev–Trinajstić information content (AvgIpc) is 2.69.